The van der Waals surface area contributed by atoms with Crippen molar-refractivity contribution in [3.8, 4) is 6.07 Å². The molecule has 1 fully saturated rings. The molecule has 74 valence electrons. The summed E-state index contributed by atoms with van der Waals surface area (Å²) >= 11 is 0. The first-order valence-corrected chi connectivity index (χ1v) is 4.98. The third-order valence-electron chi connectivity index (χ3n) is 2.66. The second kappa shape index (κ2) is 5.21. The molecule has 1 aliphatic rings. The van der Waals surface area contributed by atoms with E-state index in [1.54, 1.807) is 7.11 Å². The molecule has 0 spiro atoms. The molecule has 1 aliphatic carbocycles. The lowest BCUT2D eigenvalue weighted by molar-refractivity contribution is 0.191. The first-order chi connectivity index (χ1) is 6.33. The lowest BCUT2D eigenvalue weighted by atomic mass is 10.00. The van der Waals surface area contributed by atoms with Gasteiger partial charge >= 0.3 is 0 Å². The summed E-state index contributed by atoms with van der Waals surface area (Å²) < 4.78 is 4.95. The molecule has 0 heterocycles. The van der Waals surface area contributed by atoms with Crippen LogP contribution in [0.3, 0.4) is 0 Å². The third-order valence-corrected chi connectivity index (χ3v) is 2.66. The van der Waals surface area contributed by atoms with Crippen LogP contribution in [-0.4, -0.2) is 25.8 Å². The number of hydrogen-bond donors (Lipinski definition) is 1. The van der Waals surface area contributed by atoms with Gasteiger partial charge in [-0.15, -0.1) is 0 Å². The Morgan fingerprint density at radius 2 is 2.15 bits per heavy atom. The largest absolute Gasteiger partial charge is 0.385 e. The van der Waals surface area contributed by atoms with Crippen molar-refractivity contribution in [1.82, 2.24) is 5.32 Å². The molecular formula is C10H18N2O. The van der Waals surface area contributed by atoms with Crippen LogP contribution in [0.1, 0.15) is 32.1 Å². The predicted molar refractivity (Wildman–Crippen MR) is 51.3 cm³/mol. The van der Waals surface area contributed by atoms with Gasteiger partial charge in [0.05, 0.1) is 6.07 Å². The molecule has 0 bridgehead atoms. The molecular weight excluding hydrogens is 164 g/mol. The van der Waals surface area contributed by atoms with Crippen LogP contribution in [0.2, 0.25) is 0 Å². The molecule has 0 atom stereocenters. The molecule has 0 aromatic rings. The van der Waals surface area contributed by atoms with E-state index in [2.05, 4.69) is 11.4 Å². The summed E-state index contributed by atoms with van der Waals surface area (Å²) in [5, 5.41) is 12.4. The Morgan fingerprint density at radius 3 is 2.69 bits per heavy atom. The van der Waals surface area contributed by atoms with Gasteiger partial charge in [-0.05, 0) is 25.8 Å². The lowest BCUT2D eigenvalue weighted by Crippen LogP contribution is -2.41. The number of ether oxygens (including phenoxy) is 1. The van der Waals surface area contributed by atoms with Gasteiger partial charge in [-0.3, -0.25) is 5.32 Å². The average molecular weight is 182 g/mol. The first-order valence-electron chi connectivity index (χ1n) is 4.98. The van der Waals surface area contributed by atoms with Crippen LogP contribution in [0.15, 0.2) is 0 Å². The highest BCUT2D eigenvalue weighted by Crippen LogP contribution is 2.28. The molecule has 3 heteroatoms. The zero-order chi connectivity index (χ0) is 9.57. The number of nitrogens with one attached hydrogen (secondary N) is 1. The summed E-state index contributed by atoms with van der Waals surface area (Å²) in [5.74, 6) is 0. The molecule has 0 aromatic carbocycles. The predicted octanol–water partition coefficient (Wildman–Crippen LogP) is 1.45. The van der Waals surface area contributed by atoms with Crippen molar-refractivity contribution in [3.05, 3.63) is 0 Å². The summed E-state index contributed by atoms with van der Waals surface area (Å²) in [6, 6.07) is 2.40. The highest BCUT2D eigenvalue weighted by atomic mass is 16.5. The van der Waals surface area contributed by atoms with Crippen molar-refractivity contribution in [1.29, 1.82) is 5.26 Å². The van der Waals surface area contributed by atoms with Gasteiger partial charge in [0, 0.05) is 13.7 Å². The quantitative estimate of drug-likeness (QED) is 0.654. The van der Waals surface area contributed by atoms with Gasteiger partial charge < -0.3 is 4.74 Å². The van der Waals surface area contributed by atoms with Gasteiger partial charge in [-0.25, -0.2) is 0 Å². The molecule has 3 nitrogen and oxygen atoms in total. The third kappa shape index (κ3) is 2.98. The van der Waals surface area contributed by atoms with E-state index < -0.39 is 0 Å². The second-order valence-electron chi connectivity index (χ2n) is 3.67. The topological polar surface area (TPSA) is 45.0 Å². The van der Waals surface area contributed by atoms with Crippen LogP contribution in [0.4, 0.5) is 0 Å². The van der Waals surface area contributed by atoms with Crippen LogP contribution in [0, 0.1) is 11.3 Å². The Balaban J connectivity index is 2.21. The van der Waals surface area contributed by atoms with Gasteiger partial charge in [0.2, 0.25) is 0 Å². The van der Waals surface area contributed by atoms with E-state index in [-0.39, 0.29) is 5.54 Å². The molecule has 0 saturated heterocycles. The fourth-order valence-electron chi connectivity index (χ4n) is 1.85. The second-order valence-corrected chi connectivity index (χ2v) is 3.67. The monoisotopic (exact) mass is 182 g/mol. The van der Waals surface area contributed by atoms with Crippen LogP contribution >= 0.6 is 0 Å². The minimum absolute atomic E-state index is 0.215. The highest BCUT2D eigenvalue weighted by molar-refractivity contribution is 5.09. The Hall–Kier alpha value is -0.590. The fourth-order valence-corrected chi connectivity index (χ4v) is 1.85. The first kappa shape index (κ1) is 10.5. The van der Waals surface area contributed by atoms with Gasteiger partial charge in [0.1, 0.15) is 5.54 Å². The van der Waals surface area contributed by atoms with Crippen molar-refractivity contribution in [2.45, 2.75) is 37.6 Å². The van der Waals surface area contributed by atoms with E-state index in [0.717, 1.165) is 32.4 Å². The van der Waals surface area contributed by atoms with Crippen molar-refractivity contribution < 1.29 is 4.74 Å². The van der Waals surface area contributed by atoms with Crippen molar-refractivity contribution in [2.24, 2.45) is 0 Å². The molecule has 0 amide bonds. The van der Waals surface area contributed by atoms with Crippen molar-refractivity contribution >= 4 is 0 Å². The van der Waals surface area contributed by atoms with E-state index in [1.807, 2.05) is 0 Å². The number of methoxy groups -OCH3 is 1. The molecule has 0 unspecified atom stereocenters. The number of rotatable bonds is 5. The minimum Gasteiger partial charge on any atom is -0.385 e. The molecule has 1 saturated carbocycles. The Kier molecular flexibility index (Phi) is 4.20. The van der Waals surface area contributed by atoms with E-state index >= 15 is 0 Å². The normalized spacial score (nSPS) is 20.0. The van der Waals surface area contributed by atoms with Crippen LogP contribution in [0.25, 0.3) is 0 Å². The Morgan fingerprint density at radius 1 is 1.46 bits per heavy atom. The maximum atomic E-state index is 9.03. The maximum Gasteiger partial charge on any atom is 0.106 e. The smallest absolute Gasteiger partial charge is 0.106 e. The van der Waals surface area contributed by atoms with Crippen LogP contribution < -0.4 is 5.32 Å². The number of hydrogen-bond acceptors (Lipinski definition) is 3. The molecule has 1 N–H and O–H groups in total. The van der Waals surface area contributed by atoms with Gasteiger partial charge in [-0.1, -0.05) is 12.8 Å². The zero-order valence-electron chi connectivity index (χ0n) is 8.31. The van der Waals surface area contributed by atoms with Gasteiger partial charge in [-0.2, -0.15) is 5.26 Å². The Labute approximate surface area is 80.1 Å². The highest BCUT2D eigenvalue weighted by Gasteiger charge is 2.32. The van der Waals surface area contributed by atoms with E-state index in [0.29, 0.717) is 0 Å². The number of nitrogens with zero attached hydrogens (tertiary/aromatic N) is 1. The lowest BCUT2D eigenvalue weighted by Gasteiger charge is -2.21. The minimum atomic E-state index is -0.215. The van der Waals surface area contributed by atoms with Crippen molar-refractivity contribution in [2.75, 3.05) is 20.3 Å². The van der Waals surface area contributed by atoms with E-state index in [1.165, 1.54) is 12.8 Å². The van der Waals surface area contributed by atoms with Gasteiger partial charge in [0.15, 0.2) is 0 Å². The molecule has 13 heavy (non-hydrogen) atoms. The molecule has 0 radical (unpaired) electrons. The van der Waals surface area contributed by atoms with Crippen LogP contribution in [-0.2, 0) is 4.74 Å². The summed E-state index contributed by atoms with van der Waals surface area (Å²) in [6.07, 6.45) is 5.38. The van der Waals surface area contributed by atoms with E-state index in [4.69, 9.17) is 10.00 Å². The summed E-state index contributed by atoms with van der Waals surface area (Å²) in [7, 11) is 1.70. The summed E-state index contributed by atoms with van der Waals surface area (Å²) in [4.78, 5) is 0. The average Bonchev–Trinajstić information content (AvgIpc) is 2.62. The summed E-state index contributed by atoms with van der Waals surface area (Å²) in [5.41, 5.74) is -0.215. The SMILES string of the molecule is COCCCNC1(C#N)CCCC1. The van der Waals surface area contributed by atoms with Crippen LogP contribution in [0.5, 0.6) is 0 Å². The van der Waals surface area contributed by atoms with E-state index in [9.17, 15) is 0 Å². The number of nitriles is 1. The molecule has 0 aromatic heterocycles. The molecule has 0 aliphatic heterocycles. The fraction of sp³-hybridized carbons (Fsp3) is 0.900. The summed E-state index contributed by atoms with van der Waals surface area (Å²) in [6.45, 7) is 1.66. The van der Waals surface area contributed by atoms with Gasteiger partial charge in [0.25, 0.3) is 0 Å². The van der Waals surface area contributed by atoms with Crippen molar-refractivity contribution in [3.63, 3.8) is 0 Å². The standard InChI is InChI=1S/C10H18N2O/c1-13-8-4-7-12-10(9-11)5-2-3-6-10/h12H,2-8H2,1H3. The molecule has 1 rings (SSSR count). The Bertz CT molecular complexity index is 180. The maximum absolute atomic E-state index is 9.03. The zero-order valence-corrected chi connectivity index (χ0v) is 8.31.